The zero-order chi connectivity index (χ0) is 20.4. The van der Waals surface area contributed by atoms with Crippen LogP contribution in [0.2, 0.25) is 0 Å². The van der Waals surface area contributed by atoms with Gasteiger partial charge in [0.25, 0.3) is 11.8 Å². The molecule has 2 aliphatic heterocycles. The van der Waals surface area contributed by atoms with Crippen LogP contribution in [0.4, 0.5) is 5.69 Å². The van der Waals surface area contributed by atoms with E-state index in [1.807, 2.05) is 43.3 Å². The second kappa shape index (κ2) is 8.07. The maximum Gasteiger partial charge on any atom is 0.256 e. The summed E-state index contributed by atoms with van der Waals surface area (Å²) in [4.78, 5) is 42.5. The maximum absolute atomic E-state index is 13.4. The molecule has 1 fully saturated rings. The maximum atomic E-state index is 13.4. The van der Waals surface area contributed by atoms with Crippen LogP contribution in [0.1, 0.15) is 52.5 Å². The van der Waals surface area contributed by atoms with E-state index in [4.69, 9.17) is 0 Å². The van der Waals surface area contributed by atoms with Crippen molar-refractivity contribution in [3.8, 4) is 0 Å². The standard InChI is InChI=1S/C23H25N3O3/c1-2-13-24-21(27)17-9-4-3-8-16(17)15-26-19-11-6-5-10-18(19)22(28)25-14-7-12-20(25)23(26)29/h3-6,8-11,20H,2,7,12-15H2,1H3,(H,24,27)/t20-/m0/s1. The van der Waals surface area contributed by atoms with E-state index in [-0.39, 0.29) is 24.3 Å². The van der Waals surface area contributed by atoms with Crippen LogP contribution in [0.15, 0.2) is 48.5 Å². The highest BCUT2D eigenvalue weighted by Gasteiger charge is 2.42. The summed E-state index contributed by atoms with van der Waals surface area (Å²) in [5.74, 6) is -0.311. The number of benzene rings is 2. The van der Waals surface area contributed by atoms with E-state index in [1.165, 1.54) is 0 Å². The molecule has 2 aromatic carbocycles. The first-order chi connectivity index (χ1) is 14.1. The van der Waals surface area contributed by atoms with Gasteiger partial charge < -0.3 is 15.1 Å². The molecule has 4 rings (SSSR count). The predicted molar refractivity (Wildman–Crippen MR) is 111 cm³/mol. The van der Waals surface area contributed by atoms with Crippen LogP contribution in [0.3, 0.4) is 0 Å². The zero-order valence-corrected chi connectivity index (χ0v) is 16.6. The van der Waals surface area contributed by atoms with Crippen LogP contribution in [-0.2, 0) is 11.3 Å². The van der Waals surface area contributed by atoms with E-state index in [2.05, 4.69) is 5.32 Å². The average molecular weight is 391 g/mol. The third-order valence-corrected chi connectivity index (χ3v) is 5.62. The second-order valence-corrected chi connectivity index (χ2v) is 7.51. The van der Waals surface area contributed by atoms with Crippen molar-refractivity contribution in [3.05, 3.63) is 65.2 Å². The van der Waals surface area contributed by atoms with Gasteiger partial charge in [0.15, 0.2) is 0 Å². The lowest BCUT2D eigenvalue weighted by molar-refractivity contribution is -0.122. The fraction of sp³-hybridized carbons (Fsp3) is 0.348. The molecular weight excluding hydrogens is 366 g/mol. The molecule has 0 radical (unpaired) electrons. The Kier molecular flexibility index (Phi) is 5.34. The quantitative estimate of drug-likeness (QED) is 0.852. The SMILES string of the molecule is CCCNC(=O)c1ccccc1CN1C(=O)[C@@H]2CCCN2C(=O)c2ccccc21. The first kappa shape index (κ1) is 19.2. The molecule has 150 valence electrons. The monoisotopic (exact) mass is 391 g/mol. The molecule has 6 nitrogen and oxygen atoms in total. The fourth-order valence-corrected chi connectivity index (χ4v) is 4.16. The van der Waals surface area contributed by atoms with Crippen molar-refractivity contribution in [1.82, 2.24) is 10.2 Å². The minimum atomic E-state index is -0.434. The Balaban J connectivity index is 1.73. The molecule has 1 atom stereocenters. The van der Waals surface area contributed by atoms with Gasteiger partial charge in [-0.25, -0.2) is 0 Å². The number of fused-ring (bicyclic) bond motifs is 2. The average Bonchev–Trinajstić information content (AvgIpc) is 3.22. The van der Waals surface area contributed by atoms with Gasteiger partial charge in [0.05, 0.1) is 17.8 Å². The van der Waals surface area contributed by atoms with Crippen molar-refractivity contribution < 1.29 is 14.4 Å². The predicted octanol–water partition coefficient (Wildman–Crippen LogP) is 2.98. The van der Waals surface area contributed by atoms with E-state index >= 15 is 0 Å². The van der Waals surface area contributed by atoms with Crippen LogP contribution in [0.25, 0.3) is 0 Å². The van der Waals surface area contributed by atoms with Gasteiger partial charge in [0, 0.05) is 18.7 Å². The lowest BCUT2D eigenvalue weighted by atomic mass is 10.0. The highest BCUT2D eigenvalue weighted by atomic mass is 16.2. The lowest BCUT2D eigenvalue weighted by Crippen LogP contribution is -2.44. The normalized spacial score (nSPS) is 18.3. The molecule has 0 spiro atoms. The molecule has 0 bridgehead atoms. The fourth-order valence-electron chi connectivity index (χ4n) is 4.16. The molecule has 6 heteroatoms. The molecule has 3 amide bonds. The van der Waals surface area contributed by atoms with Gasteiger partial charge in [0.2, 0.25) is 5.91 Å². The molecule has 2 aliphatic rings. The van der Waals surface area contributed by atoms with Gasteiger partial charge >= 0.3 is 0 Å². The Morgan fingerprint density at radius 2 is 1.86 bits per heavy atom. The molecular formula is C23H25N3O3. The molecule has 1 saturated heterocycles. The van der Waals surface area contributed by atoms with Gasteiger partial charge in [-0.05, 0) is 43.0 Å². The Morgan fingerprint density at radius 3 is 2.69 bits per heavy atom. The first-order valence-electron chi connectivity index (χ1n) is 10.2. The summed E-state index contributed by atoms with van der Waals surface area (Å²) in [5, 5.41) is 2.91. The molecule has 0 unspecified atom stereocenters. The van der Waals surface area contributed by atoms with Crippen molar-refractivity contribution in [2.24, 2.45) is 0 Å². The van der Waals surface area contributed by atoms with Crippen molar-refractivity contribution in [1.29, 1.82) is 0 Å². The summed E-state index contributed by atoms with van der Waals surface area (Å²) in [6, 6.07) is 14.2. The summed E-state index contributed by atoms with van der Waals surface area (Å²) in [7, 11) is 0. The number of carbonyl (C=O) groups excluding carboxylic acids is 3. The van der Waals surface area contributed by atoms with Crippen LogP contribution < -0.4 is 10.2 Å². The van der Waals surface area contributed by atoms with Crippen molar-refractivity contribution in [3.63, 3.8) is 0 Å². The van der Waals surface area contributed by atoms with E-state index < -0.39 is 6.04 Å². The molecule has 29 heavy (non-hydrogen) atoms. The molecule has 2 aromatic rings. The minimum Gasteiger partial charge on any atom is -0.352 e. The number of nitrogens with one attached hydrogen (secondary N) is 1. The summed E-state index contributed by atoms with van der Waals surface area (Å²) < 4.78 is 0. The van der Waals surface area contributed by atoms with Gasteiger partial charge in [-0.1, -0.05) is 37.3 Å². The van der Waals surface area contributed by atoms with E-state index in [0.29, 0.717) is 36.3 Å². The van der Waals surface area contributed by atoms with E-state index in [9.17, 15) is 14.4 Å². The molecule has 0 aromatic heterocycles. The van der Waals surface area contributed by atoms with Crippen LogP contribution in [0, 0.1) is 0 Å². The molecule has 2 heterocycles. The van der Waals surface area contributed by atoms with Crippen LogP contribution in [-0.4, -0.2) is 41.8 Å². The molecule has 0 aliphatic carbocycles. The Morgan fingerprint density at radius 1 is 1.10 bits per heavy atom. The van der Waals surface area contributed by atoms with Gasteiger partial charge in [-0.15, -0.1) is 0 Å². The van der Waals surface area contributed by atoms with E-state index in [1.54, 1.807) is 21.9 Å². The Hall–Kier alpha value is -3.15. The van der Waals surface area contributed by atoms with Crippen LogP contribution in [0.5, 0.6) is 0 Å². The summed E-state index contributed by atoms with van der Waals surface area (Å²) >= 11 is 0. The van der Waals surface area contributed by atoms with Gasteiger partial charge in [0.1, 0.15) is 6.04 Å². The number of carbonyl (C=O) groups is 3. The molecule has 1 N–H and O–H groups in total. The lowest BCUT2D eigenvalue weighted by Gasteiger charge is -2.26. The highest BCUT2D eigenvalue weighted by molar-refractivity contribution is 6.11. The first-order valence-corrected chi connectivity index (χ1v) is 10.2. The van der Waals surface area contributed by atoms with Gasteiger partial charge in [-0.2, -0.15) is 0 Å². The smallest absolute Gasteiger partial charge is 0.256 e. The Bertz CT molecular complexity index is 956. The molecule has 0 saturated carbocycles. The highest BCUT2D eigenvalue weighted by Crippen LogP contribution is 2.33. The van der Waals surface area contributed by atoms with Crippen molar-refractivity contribution >= 4 is 23.4 Å². The van der Waals surface area contributed by atoms with Gasteiger partial charge in [-0.3, -0.25) is 14.4 Å². The Labute approximate surface area is 170 Å². The van der Waals surface area contributed by atoms with E-state index in [0.717, 1.165) is 18.4 Å². The third kappa shape index (κ3) is 3.50. The summed E-state index contributed by atoms with van der Waals surface area (Å²) in [6.45, 7) is 3.46. The number of para-hydroxylation sites is 1. The number of hydrogen-bond donors (Lipinski definition) is 1. The van der Waals surface area contributed by atoms with Crippen LogP contribution >= 0.6 is 0 Å². The summed E-state index contributed by atoms with van der Waals surface area (Å²) in [6.07, 6.45) is 2.35. The zero-order valence-electron chi connectivity index (χ0n) is 16.6. The number of amides is 3. The largest absolute Gasteiger partial charge is 0.352 e. The number of hydrogen-bond acceptors (Lipinski definition) is 3. The minimum absolute atomic E-state index is 0.0791. The number of anilines is 1. The third-order valence-electron chi connectivity index (χ3n) is 5.62. The second-order valence-electron chi connectivity index (χ2n) is 7.51. The number of rotatable bonds is 5. The topological polar surface area (TPSA) is 69.7 Å². The van der Waals surface area contributed by atoms with Crippen molar-refractivity contribution in [2.75, 3.05) is 18.0 Å². The summed E-state index contributed by atoms with van der Waals surface area (Å²) in [5.41, 5.74) is 2.48. The number of nitrogens with zero attached hydrogens (tertiary/aromatic N) is 2. The van der Waals surface area contributed by atoms with Crippen molar-refractivity contribution in [2.45, 2.75) is 38.8 Å².